The maximum Gasteiger partial charge on any atom is 0.251 e. The molecule has 0 heterocycles. The van der Waals surface area contributed by atoms with E-state index in [0.29, 0.717) is 11.4 Å². The van der Waals surface area contributed by atoms with Gasteiger partial charge in [-0.25, -0.2) is 8.78 Å². The van der Waals surface area contributed by atoms with E-state index >= 15 is 0 Å². The van der Waals surface area contributed by atoms with Crippen LogP contribution in [0.15, 0.2) is 42.5 Å². The third-order valence-electron chi connectivity index (χ3n) is 2.79. The number of nitrogens with one attached hydrogen (secondary N) is 2. The first-order valence-corrected chi connectivity index (χ1v) is 6.34. The highest BCUT2D eigenvalue weighted by Crippen LogP contribution is 2.14. The van der Waals surface area contributed by atoms with Gasteiger partial charge in [0.2, 0.25) is 5.91 Å². The maximum atomic E-state index is 13.3. The van der Waals surface area contributed by atoms with E-state index in [-0.39, 0.29) is 12.1 Å². The van der Waals surface area contributed by atoms with Crippen LogP contribution in [0.1, 0.15) is 10.4 Å². The minimum absolute atomic E-state index is 0.139. The number of hydrogen-bond donors (Lipinski definition) is 3. The predicted octanol–water partition coefficient (Wildman–Crippen LogP) is 2.11. The summed E-state index contributed by atoms with van der Waals surface area (Å²) in [5, 5.41) is 5.22. The number of halogens is 2. The van der Waals surface area contributed by atoms with Gasteiger partial charge >= 0.3 is 0 Å². The molecule has 22 heavy (non-hydrogen) atoms. The van der Waals surface area contributed by atoms with E-state index in [9.17, 15) is 18.4 Å². The summed E-state index contributed by atoms with van der Waals surface area (Å²) in [7, 11) is 0. The zero-order chi connectivity index (χ0) is 16.1. The van der Waals surface area contributed by atoms with E-state index in [1.54, 1.807) is 6.07 Å². The number of primary amides is 1. The Bertz CT molecular complexity index is 720. The van der Waals surface area contributed by atoms with Crippen LogP contribution >= 0.6 is 0 Å². The summed E-state index contributed by atoms with van der Waals surface area (Å²) in [4.78, 5) is 22.7. The number of amides is 2. The molecule has 0 fully saturated rings. The van der Waals surface area contributed by atoms with Gasteiger partial charge in [-0.2, -0.15) is 0 Å². The summed E-state index contributed by atoms with van der Waals surface area (Å²) >= 11 is 0. The zero-order valence-electron chi connectivity index (χ0n) is 11.4. The molecule has 0 spiro atoms. The standard InChI is InChI=1S/C15H13F2N3O2/c16-9-2-1-3-11(6-9)20-14(21)8-19-10-4-5-13(17)12(7-10)15(18)22/h1-7,19H,8H2,(H2,18,22)(H,20,21). The lowest BCUT2D eigenvalue weighted by Crippen LogP contribution is -2.22. The van der Waals surface area contributed by atoms with Gasteiger partial charge in [-0.05, 0) is 36.4 Å². The van der Waals surface area contributed by atoms with Crippen LogP contribution in [-0.4, -0.2) is 18.4 Å². The molecule has 2 aromatic carbocycles. The molecule has 0 aliphatic carbocycles. The van der Waals surface area contributed by atoms with E-state index in [4.69, 9.17) is 5.73 Å². The summed E-state index contributed by atoms with van der Waals surface area (Å²) < 4.78 is 26.3. The Morgan fingerprint density at radius 1 is 1.05 bits per heavy atom. The van der Waals surface area contributed by atoms with Crippen LogP contribution in [0.3, 0.4) is 0 Å². The first-order valence-electron chi connectivity index (χ1n) is 6.34. The highest BCUT2D eigenvalue weighted by molar-refractivity contribution is 5.95. The smallest absolute Gasteiger partial charge is 0.251 e. The van der Waals surface area contributed by atoms with Crippen LogP contribution in [0, 0.1) is 11.6 Å². The minimum atomic E-state index is -0.898. The molecule has 0 saturated heterocycles. The minimum Gasteiger partial charge on any atom is -0.376 e. The Morgan fingerprint density at radius 2 is 1.82 bits per heavy atom. The number of rotatable bonds is 5. The lowest BCUT2D eigenvalue weighted by Gasteiger charge is -2.09. The van der Waals surface area contributed by atoms with Crippen molar-refractivity contribution in [2.75, 3.05) is 17.2 Å². The highest BCUT2D eigenvalue weighted by atomic mass is 19.1. The average molecular weight is 305 g/mol. The average Bonchev–Trinajstić information content (AvgIpc) is 2.46. The van der Waals surface area contributed by atoms with Crippen molar-refractivity contribution in [2.24, 2.45) is 5.73 Å². The van der Waals surface area contributed by atoms with Gasteiger partial charge in [0.05, 0.1) is 12.1 Å². The van der Waals surface area contributed by atoms with Crippen molar-refractivity contribution < 1.29 is 18.4 Å². The van der Waals surface area contributed by atoms with Crippen LogP contribution in [0.4, 0.5) is 20.2 Å². The Hall–Kier alpha value is -2.96. The number of nitrogens with two attached hydrogens (primary N) is 1. The molecule has 0 aromatic heterocycles. The molecule has 0 aliphatic heterocycles. The Labute approximate surface area is 125 Å². The monoisotopic (exact) mass is 305 g/mol. The third kappa shape index (κ3) is 4.02. The Morgan fingerprint density at radius 3 is 2.50 bits per heavy atom. The largest absolute Gasteiger partial charge is 0.376 e. The molecule has 7 heteroatoms. The Balaban J connectivity index is 1.96. The SMILES string of the molecule is NC(=O)c1cc(NCC(=O)Nc2cccc(F)c2)ccc1F. The molecule has 0 bridgehead atoms. The quantitative estimate of drug-likeness (QED) is 0.791. The van der Waals surface area contributed by atoms with Crippen LogP contribution < -0.4 is 16.4 Å². The summed E-state index contributed by atoms with van der Waals surface area (Å²) in [6.45, 7) is -0.139. The third-order valence-corrected chi connectivity index (χ3v) is 2.79. The van der Waals surface area contributed by atoms with Gasteiger partial charge in [0.15, 0.2) is 0 Å². The lowest BCUT2D eigenvalue weighted by atomic mass is 10.2. The topological polar surface area (TPSA) is 84.2 Å². The molecule has 0 radical (unpaired) electrons. The van der Waals surface area contributed by atoms with Crippen molar-refractivity contribution >= 4 is 23.2 Å². The molecule has 2 amide bonds. The van der Waals surface area contributed by atoms with Crippen molar-refractivity contribution in [3.63, 3.8) is 0 Å². The second-order valence-electron chi connectivity index (χ2n) is 4.47. The second kappa shape index (κ2) is 6.66. The molecule has 5 nitrogen and oxygen atoms in total. The first kappa shape index (κ1) is 15.4. The van der Waals surface area contributed by atoms with Gasteiger partial charge < -0.3 is 16.4 Å². The fourth-order valence-corrected chi connectivity index (χ4v) is 1.78. The van der Waals surface area contributed by atoms with Gasteiger partial charge in [-0.15, -0.1) is 0 Å². The summed E-state index contributed by atoms with van der Waals surface area (Å²) in [6, 6.07) is 9.12. The predicted molar refractivity (Wildman–Crippen MR) is 78.4 cm³/mol. The van der Waals surface area contributed by atoms with Gasteiger partial charge in [0.1, 0.15) is 11.6 Å². The molecule has 4 N–H and O–H groups in total. The number of anilines is 2. The van der Waals surface area contributed by atoms with E-state index in [2.05, 4.69) is 10.6 Å². The summed E-state index contributed by atoms with van der Waals surface area (Å²) in [5.74, 6) is -2.52. The normalized spacial score (nSPS) is 10.1. The number of hydrogen-bond acceptors (Lipinski definition) is 3. The van der Waals surface area contributed by atoms with Gasteiger partial charge in [-0.1, -0.05) is 6.07 Å². The van der Waals surface area contributed by atoms with Crippen molar-refractivity contribution in [3.05, 3.63) is 59.7 Å². The fourth-order valence-electron chi connectivity index (χ4n) is 1.78. The highest BCUT2D eigenvalue weighted by Gasteiger charge is 2.09. The molecule has 114 valence electrons. The van der Waals surface area contributed by atoms with Crippen LogP contribution in [0.25, 0.3) is 0 Å². The van der Waals surface area contributed by atoms with E-state index in [0.717, 1.165) is 6.07 Å². The van der Waals surface area contributed by atoms with Crippen molar-refractivity contribution in [1.29, 1.82) is 0 Å². The number of benzene rings is 2. The van der Waals surface area contributed by atoms with E-state index in [1.165, 1.54) is 30.3 Å². The molecule has 0 unspecified atom stereocenters. The maximum absolute atomic E-state index is 13.3. The van der Waals surface area contributed by atoms with Crippen LogP contribution in [0.5, 0.6) is 0 Å². The molecular formula is C15H13F2N3O2. The van der Waals surface area contributed by atoms with Crippen LogP contribution in [-0.2, 0) is 4.79 Å². The van der Waals surface area contributed by atoms with Crippen LogP contribution in [0.2, 0.25) is 0 Å². The van der Waals surface area contributed by atoms with Crippen molar-refractivity contribution in [2.45, 2.75) is 0 Å². The molecule has 2 aromatic rings. The summed E-state index contributed by atoms with van der Waals surface area (Å²) in [5.41, 5.74) is 5.45. The van der Waals surface area contributed by atoms with E-state index < -0.39 is 23.4 Å². The number of carbonyl (C=O) groups excluding carboxylic acids is 2. The molecule has 0 saturated carbocycles. The molecule has 0 atom stereocenters. The second-order valence-corrected chi connectivity index (χ2v) is 4.47. The van der Waals surface area contributed by atoms with Gasteiger partial charge in [0, 0.05) is 11.4 Å². The fraction of sp³-hybridized carbons (Fsp3) is 0.0667. The van der Waals surface area contributed by atoms with Gasteiger partial charge in [0.25, 0.3) is 5.91 Å². The van der Waals surface area contributed by atoms with Crippen molar-refractivity contribution in [3.8, 4) is 0 Å². The zero-order valence-corrected chi connectivity index (χ0v) is 11.4. The molecule has 2 rings (SSSR count). The first-order chi connectivity index (χ1) is 10.5. The summed E-state index contributed by atoms with van der Waals surface area (Å²) in [6.07, 6.45) is 0. The molecular weight excluding hydrogens is 292 g/mol. The lowest BCUT2D eigenvalue weighted by molar-refractivity contribution is -0.114. The van der Waals surface area contributed by atoms with Gasteiger partial charge in [-0.3, -0.25) is 9.59 Å². The van der Waals surface area contributed by atoms with Crippen molar-refractivity contribution in [1.82, 2.24) is 0 Å². The molecule has 0 aliphatic rings. The van der Waals surface area contributed by atoms with E-state index in [1.807, 2.05) is 0 Å². The number of carbonyl (C=O) groups is 2. The Kier molecular flexibility index (Phi) is 4.67.